The molecule has 0 atom stereocenters. The fourth-order valence-electron chi connectivity index (χ4n) is 9.99. The first kappa shape index (κ1) is 32.2. The van der Waals surface area contributed by atoms with E-state index in [4.69, 9.17) is 9.72 Å². The van der Waals surface area contributed by atoms with Gasteiger partial charge >= 0.3 is 0 Å². The fraction of sp³-hybridized carbons (Fsp3) is 0.0577. The number of hydrogen-bond acceptors (Lipinski definition) is 4. The molecule has 268 valence electrons. The lowest BCUT2D eigenvalue weighted by molar-refractivity contribution is 0.487. The maximum atomic E-state index is 7.02. The van der Waals surface area contributed by atoms with E-state index < -0.39 is 0 Å². The van der Waals surface area contributed by atoms with Gasteiger partial charge in [0.2, 0.25) is 0 Å². The van der Waals surface area contributed by atoms with Crippen molar-refractivity contribution in [2.24, 2.45) is 0 Å². The highest BCUT2D eigenvalue weighted by molar-refractivity contribution is 6.99. The topological polar surface area (TPSA) is 28.6 Å². The maximum Gasteiger partial charge on any atom is 0.256 e. The summed E-state index contributed by atoms with van der Waals surface area (Å²) in [6, 6.07) is 61.5. The minimum absolute atomic E-state index is 0.0284. The number of benzene rings is 8. The number of hydrogen-bond donors (Lipinski definition) is 0. The van der Waals surface area contributed by atoms with Crippen molar-refractivity contribution in [3.8, 4) is 22.6 Å². The third-order valence-electron chi connectivity index (χ3n) is 12.5. The Bertz CT molecular complexity index is 3100. The standard InChI is InChI=1S/C52H36BN3O/c1-52(2)40-29-43-49(57-48-27-15-26-45-51(48)53(43)42-24-13-14-25-44(42)55(45)34-17-5-3-6-18-34)28-39(40)50-38-23-12-11-22-37(38)46(30-41(50)52)56(35-19-7-4-8-20-35)47-32-54-31-33-16-9-10-21-36(33)47/h3-32H,1-2H3. The van der Waals surface area contributed by atoms with Crippen LogP contribution < -0.4 is 30.9 Å². The molecule has 1 aromatic heterocycles. The third-order valence-corrected chi connectivity index (χ3v) is 12.5. The molecule has 0 spiro atoms. The number of anilines is 6. The molecule has 0 bridgehead atoms. The van der Waals surface area contributed by atoms with Crippen LogP contribution in [-0.2, 0) is 5.41 Å². The quantitative estimate of drug-likeness (QED) is 0.169. The lowest BCUT2D eigenvalue weighted by atomic mass is 9.34. The molecule has 0 radical (unpaired) electrons. The van der Waals surface area contributed by atoms with Gasteiger partial charge in [-0.2, -0.15) is 0 Å². The first-order valence-corrected chi connectivity index (χ1v) is 19.7. The molecule has 0 saturated carbocycles. The molecule has 0 saturated heterocycles. The second-order valence-corrected chi connectivity index (χ2v) is 15.9. The molecule has 9 aromatic rings. The van der Waals surface area contributed by atoms with E-state index in [0.29, 0.717) is 0 Å². The first-order valence-electron chi connectivity index (χ1n) is 19.7. The summed E-state index contributed by atoms with van der Waals surface area (Å²) in [7, 11) is 0. The molecule has 5 heteroatoms. The van der Waals surface area contributed by atoms with E-state index in [1.54, 1.807) is 0 Å². The molecule has 4 nitrogen and oxygen atoms in total. The van der Waals surface area contributed by atoms with Crippen LogP contribution in [0.15, 0.2) is 182 Å². The van der Waals surface area contributed by atoms with Crippen LogP contribution in [0, 0.1) is 0 Å². The number of ether oxygens (including phenoxy) is 1. The second-order valence-electron chi connectivity index (χ2n) is 15.9. The maximum absolute atomic E-state index is 7.02. The molecule has 8 aromatic carbocycles. The summed E-state index contributed by atoms with van der Waals surface area (Å²) in [6.07, 6.45) is 3.97. The van der Waals surface area contributed by atoms with Gasteiger partial charge in [0.05, 0.1) is 17.6 Å². The molecule has 0 fully saturated rings. The highest BCUT2D eigenvalue weighted by Gasteiger charge is 2.45. The second kappa shape index (κ2) is 11.9. The van der Waals surface area contributed by atoms with Crippen LogP contribution in [0.5, 0.6) is 11.5 Å². The van der Waals surface area contributed by atoms with Crippen LogP contribution >= 0.6 is 0 Å². The molecule has 1 aliphatic carbocycles. The van der Waals surface area contributed by atoms with E-state index >= 15 is 0 Å². The molecule has 3 aliphatic rings. The Morgan fingerprint density at radius 3 is 2.11 bits per heavy atom. The number of aromatic nitrogens is 1. The highest BCUT2D eigenvalue weighted by atomic mass is 16.5. The largest absolute Gasteiger partial charge is 0.458 e. The molecular formula is C52H36BN3O. The summed E-state index contributed by atoms with van der Waals surface area (Å²) in [5.74, 6) is 1.84. The number of rotatable bonds is 4. The molecule has 12 rings (SSSR count). The van der Waals surface area contributed by atoms with Crippen LogP contribution in [0.3, 0.4) is 0 Å². The van der Waals surface area contributed by atoms with Crippen LogP contribution in [0.2, 0.25) is 0 Å². The van der Waals surface area contributed by atoms with Crippen molar-refractivity contribution < 1.29 is 4.74 Å². The van der Waals surface area contributed by atoms with Crippen molar-refractivity contribution in [2.45, 2.75) is 19.3 Å². The summed E-state index contributed by atoms with van der Waals surface area (Å²) >= 11 is 0. The Morgan fingerprint density at radius 2 is 1.26 bits per heavy atom. The Kier molecular flexibility index (Phi) is 6.74. The Morgan fingerprint density at radius 1 is 0.561 bits per heavy atom. The van der Waals surface area contributed by atoms with E-state index in [1.807, 2.05) is 12.4 Å². The van der Waals surface area contributed by atoms with Gasteiger partial charge in [-0.05, 0) is 98.6 Å². The predicted molar refractivity (Wildman–Crippen MR) is 237 cm³/mol. The van der Waals surface area contributed by atoms with Gasteiger partial charge in [-0.1, -0.05) is 129 Å². The van der Waals surface area contributed by atoms with Gasteiger partial charge in [-0.15, -0.1) is 0 Å². The minimum atomic E-state index is -0.304. The van der Waals surface area contributed by atoms with E-state index in [1.165, 1.54) is 55.1 Å². The van der Waals surface area contributed by atoms with Crippen molar-refractivity contribution in [1.82, 2.24) is 4.98 Å². The normalized spacial score (nSPS) is 14.0. The number of para-hydroxylation sites is 3. The van der Waals surface area contributed by atoms with Crippen LogP contribution in [0.4, 0.5) is 34.1 Å². The third kappa shape index (κ3) is 4.54. The van der Waals surface area contributed by atoms with Gasteiger partial charge in [0.15, 0.2) is 0 Å². The van der Waals surface area contributed by atoms with E-state index in [2.05, 4.69) is 194 Å². The summed E-state index contributed by atoms with van der Waals surface area (Å²) in [5.41, 5.74) is 15.3. The molecule has 0 amide bonds. The van der Waals surface area contributed by atoms with Crippen LogP contribution in [0.25, 0.3) is 32.7 Å². The molecular weight excluding hydrogens is 693 g/mol. The van der Waals surface area contributed by atoms with Gasteiger partial charge in [0, 0.05) is 50.5 Å². The van der Waals surface area contributed by atoms with Crippen molar-refractivity contribution >= 4 is 78.8 Å². The average Bonchev–Trinajstić information content (AvgIpc) is 3.48. The highest BCUT2D eigenvalue weighted by Crippen LogP contribution is 2.56. The zero-order valence-corrected chi connectivity index (χ0v) is 31.6. The Balaban J connectivity index is 1.09. The molecule has 3 heterocycles. The number of fused-ring (bicyclic) bond motifs is 10. The monoisotopic (exact) mass is 729 g/mol. The van der Waals surface area contributed by atoms with E-state index in [0.717, 1.165) is 50.7 Å². The Labute approximate surface area is 332 Å². The Hall–Kier alpha value is -7.11. The molecule has 2 aliphatic heterocycles. The minimum Gasteiger partial charge on any atom is -0.458 e. The zero-order chi connectivity index (χ0) is 37.8. The molecule has 0 N–H and O–H groups in total. The van der Waals surface area contributed by atoms with E-state index in [9.17, 15) is 0 Å². The predicted octanol–water partition coefficient (Wildman–Crippen LogP) is 11.6. The van der Waals surface area contributed by atoms with E-state index in [-0.39, 0.29) is 12.1 Å². The lowest BCUT2D eigenvalue weighted by Gasteiger charge is -2.40. The van der Waals surface area contributed by atoms with Crippen molar-refractivity contribution in [3.05, 3.63) is 193 Å². The van der Waals surface area contributed by atoms with Crippen molar-refractivity contribution in [3.63, 3.8) is 0 Å². The van der Waals surface area contributed by atoms with Crippen molar-refractivity contribution in [2.75, 3.05) is 9.80 Å². The van der Waals surface area contributed by atoms with Gasteiger partial charge in [-0.3, -0.25) is 4.98 Å². The van der Waals surface area contributed by atoms with Gasteiger partial charge < -0.3 is 14.5 Å². The SMILES string of the molecule is CC1(C)c2cc3c(cc2-c2c1cc(N(c1ccccc1)c1cncc4ccccc14)c1ccccc21)Oc1cccc2c1B3c1ccccc1N2c1ccccc1. The summed E-state index contributed by atoms with van der Waals surface area (Å²) in [5, 5.41) is 4.68. The first-order chi connectivity index (χ1) is 28.1. The zero-order valence-electron chi connectivity index (χ0n) is 31.6. The molecule has 57 heavy (non-hydrogen) atoms. The van der Waals surface area contributed by atoms with Gasteiger partial charge in [0.1, 0.15) is 11.5 Å². The lowest BCUT2D eigenvalue weighted by Crippen LogP contribution is -2.59. The summed E-state index contributed by atoms with van der Waals surface area (Å²) < 4.78 is 7.02. The number of pyridine rings is 1. The fourth-order valence-corrected chi connectivity index (χ4v) is 9.99. The smallest absolute Gasteiger partial charge is 0.256 e. The van der Waals surface area contributed by atoms with Crippen LogP contribution in [-0.4, -0.2) is 11.7 Å². The number of nitrogens with zero attached hydrogens (tertiary/aromatic N) is 3. The van der Waals surface area contributed by atoms with Crippen molar-refractivity contribution in [1.29, 1.82) is 0 Å². The molecule has 0 unspecified atom stereocenters. The van der Waals surface area contributed by atoms with Gasteiger partial charge in [-0.25, -0.2) is 0 Å². The summed E-state index contributed by atoms with van der Waals surface area (Å²) in [4.78, 5) is 9.56. The summed E-state index contributed by atoms with van der Waals surface area (Å²) in [6.45, 7) is 4.81. The van der Waals surface area contributed by atoms with Crippen LogP contribution in [0.1, 0.15) is 25.0 Å². The van der Waals surface area contributed by atoms with Gasteiger partial charge in [0.25, 0.3) is 6.71 Å². The average molecular weight is 730 g/mol.